The molecule has 0 saturated heterocycles. The number of hydrogen-bond acceptors (Lipinski definition) is 5. The molecule has 0 aliphatic carbocycles. The van der Waals surface area contributed by atoms with Gasteiger partial charge in [0.2, 0.25) is 5.91 Å². The number of aryl methyl sites for hydroxylation is 1. The molecular weight excluding hydrogens is 258 g/mol. The third kappa shape index (κ3) is 3.81. The standard InChI is InChI=1S/C10H13N3O4S/c1-5-8(18-4-12-5)9(15)13-6(10(16)17)2-3-7(11)14/h4,6H,2-3H2,1H3,(H2,11,14)(H,13,15)(H,16,17). The molecule has 8 heteroatoms. The van der Waals surface area contributed by atoms with E-state index in [0.29, 0.717) is 10.6 Å². The van der Waals surface area contributed by atoms with Gasteiger partial charge in [-0.15, -0.1) is 11.3 Å². The predicted octanol–water partition coefficient (Wildman–Crippen LogP) is -0.1000. The van der Waals surface area contributed by atoms with Crippen molar-refractivity contribution in [2.45, 2.75) is 25.8 Å². The third-order valence-electron chi connectivity index (χ3n) is 2.23. The highest BCUT2D eigenvalue weighted by atomic mass is 32.1. The van der Waals surface area contributed by atoms with Gasteiger partial charge in [-0.05, 0) is 13.3 Å². The molecular formula is C10H13N3O4S. The highest BCUT2D eigenvalue weighted by Gasteiger charge is 2.22. The number of nitrogens with zero attached hydrogens (tertiary/aromatic N) is 1. The summed E-state index contributed by atoms with van der Waals surface area (Å²) in [5, 5.41) is 11.3. The predicted molar refractivity (Wildman–Crippen MR) is 64.2 cm³/mol. The van der Waals surface area contributed by atoms with Crippen molar-refractivity contribution < 1.29 is 19.5 Å². The summed E-state index contributed by atoms with van der Waals surface area (Å²) in [5.41, 5.74) is 6.98. The van der Waals surface area contributed by atoms with Crippen LogP contribution in [0, 0.1) is 6.92 Å². The lowest BCUT2D eigenvalue weighted by Gasteiger charge is -2.13. The molecule has 0 fully saturated rings. The number of primary amides is 1. The monoisotopic (exact) mass is 271 g/mol. The molecule has 0 spiro atoms. The Kier molecular flexibility index (Phi) is 4.78. The number of carboxylic acid groups (broad SMARTS) is 1. The largest absolute Gasteiger partial charge is 0.480 e. The second kappa shape index (κ2) is 6.10. The molecule has 1 unspecified atom stereocenters. The molecule has 1 rings (SSSR count). The van der Waals surface area contributed by atoms with Crippen LogP contribution in [0.1, 0.15) is 28.2 Å². The van der Waals surface area contributed by atoms with E-state index in [4.69, 9.17) is 10.8 Å². The SMILES string of the molecule is Cc1ncsc1C(=O)NC(CCC(N)=O)C(=O)O. The Morgan fingerprint density at radius 2 is 2.22 bits per heavy atom. The van der Waals surface area contributed by atoms with Gasteiger partial charge in [-0.3, -0.25) is 9.59 Å². The number of nitrogens with two attached hydrogens (primary N) is 1. The quantitative estimate of drug-likeness (QED) is 0.666. The van der Waals surface area contributed by atoms with Crippen LogP contribution in [0.2, 0.25) is 0 Å². The number of carbonyl (C=O) groups excluding carboxylic acids is 2. The van der Waals surface area contributed by atoms with Gasteiger partial charge in [-0.2, -0.15) is 0 Å². The summed E-state index contributed by atoms with van der Waals surface area (Å²) in [6.45, 7) is 1.66. The van der Waals surface area contributed by atoms with Crippen LogP contribution in [0.5, 0.6) is 0 Å². The van der Waals surface area contributed by atoms with Gasteiger partial charge in [0.05, 0.1) is 11.2 Å². The summed E-state index contributed by atoms with van der Waals surface area (Å²) in [7, 11) is 0. The van der Waals surface area contributed by atoms with E-state index in [1.165, 1.54) is 5.51 Å². The van der Waals surface area contributed by atoms with Crippen molar-refractivity contribution in [1.82, 2.24) is 10.3 Å². The zero-order chi connectivity index (χ0) is 13.7. The van der Waals surface area contributed by atoms with Gasteiger partial charge in [0.1, 0.15) is 10.9 Å². The second-order valence-corrected chi connectivity index (χ2v) is 4.49. The molecule has 0 radical (unpaired) electrons. The zero-order valence-corrected chi connectivity index (χ0v) is 10.5. The van der Waals surface area contributed by atoms with E-state index >= 15 is 0 Å². The fourth-order valence-electron chi connectivity index (χ4n) is 1.29. The Morgan fingerprint density at radius 3 is 2.67 bits per heavy atom. The first kappa shape index (κ1) is 14.1. The molecule has 7 nitrogen and oxygen atoms in total. The number of carbonyl (C=O) groups is 3. The summed E-state index contributed by atoms with van der Waals surface area (Å²) >= 11 is 1.13. The molecule has 18 heavy (non-hydrogen) atoms. The van der Waals surface area contributed by atoms with Crippen LogP contribution in [0.15, 0.2) is 5.51 Å². The minimum Gasteiger partial charge on any atom is -0.480 e. The van der Waals surface area contributed by atoms with E-state index in [0.717, 1.165) is 11.3 Å². The third-order valence-corrected chi connectivity index (χ3v) is 3.16. The molecule has 0 aliphatic rings. The van der Waals surface area contributed by atoms with Crippen LogP contribution in [-0.2, 0) is 9.59 Å². The summed E-state index contributed by atoms with van der Waals surface area (Å²) in [6, 6.07) is -1.13. The first-order valence-corrected chi connectivity index (χ1v) is 6.02. The van der Waals surface area contributed by atoms with Gasteiger partial charge >= 0.3 is 5.97 Å². The van der Waals surface area contributed by atoms with E-state index in [2.05, 4.69) is 10.3 Å². The summed E-state index contributed by atoms with van der Waals surface area (Å²) in [5.74, 6) is -2.32. The van der Waals surface area contributed by atoms with Crippen LogP contribution in [0.25, 0.3) is 0 Å². The van der Waals surface area contributed by atoms with Crippen LogP contribution in [0.3, 0.4) is 0 Å². The average Bonchev–Trinajstić information content (AvgIpc) is 2.69. The summed E-state index contributed by atoms with van der Waals surface area (Å²) < 4.78 is 0. The topological polar surface area (TPSA) is 122 Å². The summed E-state index contributed by atoms with van der Waals surface area (Å²) in [6.07, 6.45) is -0.132. The Balaban J connectivity index is 2.67. The first-order chi connectivity index (χ1) is 8.41. The van der Waals surface area contributed by atoms with Gasteiger partial charge in [0, 0.05) is 6.42 Å². The van der Waals surface area contributed by atoms with Crippen LogP contribution in [0.4, 0.5) is 0 Å². The molecule has 2 amide bonds. The number of nitrogens with one attached hydrogen (secondary N) is 1. The minimum atomic E-state index is -1.20. The van der Waals surface area contributed by atoms with Crippen LogP contribution in [-0.4, -0.2) is 33.9 Å². The van der Waals surface area contributed by atoms with E-state index in [9.17, 15) is 14.4 Å². The van der Waals surface area contributed by atoms with Gasteiger partial charge in [0.25, 0.3) is 5.91 Å². The molecule has 1 heterocycles. The fraction of sp³-hybridized carbons (Fsp3) is 0.400. The number of carboxylic acids is 1. The molecule has 98 valence electrons. The first-order valence-electron chi connectivity index (χ1n) is 5.14. The van der Waals surface area contributed by atoms with Gasteiger partial charge in [-0.1, -0.05) is 0 Å². The fourth-order valence-corrected chi connectivity index (χ4v) is 1.99. The van der Waals surface area contributed by atoms with Gasteiger partial charge in [0.15, 0.2) is 0 Å². The molecule has 0 aliphatic heterocycles. The van der Waals surface area contributed by atoms with E-state index < -0.39 is 23.8 Å². The van der Waals surface area contributed by atoms with Crippen molar-refractivity contribution in [3.63, 3.8) is 0 Å². The molecule has 1 atom stereocenters. The van der Waals surface area contributed by atoms with Crippen molar-refractivity contribution >= 4 is 29.1 Å². The highest BCUT2D eigenvalue weighted by Crippen LogP contribution is 2.12. The maximum atomic E-state index is 11.8. The highest BCUT2D eigenvalue weighted by molar-refractivity contribution is 7.11. The van der Waals surface area contributed by atoms with Crippen molar-refractivity contribution in [1.29, 1.82) is 0 Å². The molecule has 0 aromatic carbocycles. The maximum Gasteiger partial charge on any atom is 0.326 e. The van der Waals surface area contributed by atoms with Crippen molar-refractivity contribution in [2.75, 3.05) is 0 Å². The number of hydrogen-bond donors (Lipinski definition) is 3. The lowest BCUT2D eigenvalue weighted by molar-refractivity contribution is -0.139. The molecule has 0 saturated carbocycles. The van der Waals surface area contributed by atoms with Gasteiger partial charge in [-0.25, -0.2) is 9.78 Å². The Morgan fingerprint density at radius 1 is 1.56 bits per heavy atom. The lowest BCUT2D eigenvalue weighted by Crippen LogP contribution is -2.41. The Hall–Kier alpha value is -1.96. The zero-order valence-electron chi connectivity index (χ0n) is 9.67. The van der Waals surface area contributed by atoms with E-state index in [1.807, 2.05) is 0 Å². The number of thiazole rings is 1. The maximum absolute atomic E-state index is 11.8. The van der Waals surface area contributed by atoms with Crippen molar-refractivity contribution in [2.24, 2.45) is 5.73 Å². The normalized spacial score (nSPS) is 11.8. The minimum absolute atomic E-state index is 0.0335. The molecule has 4 N–H and O–H groups in total. The van der Waals surface area contributed by atoms with Crippen molar-refractivity contribution in [3.8, 4) is 0 Å². The van der Waals surface area contributed by atoms with Gasteiger partial charge < -0.3 is 16.2 Å². The lowest BCUT2D eigenvalue weighted by atomic mass is 10.1. The molecule has 0 bridgehead atoms. The smallest absolute Gasteiger partial charge is 0.326 e. The van der Waals surface area contributed by atoms with E-state index in [-0.39, 0.29) is 12.8 Å². The average molecular weight is 271 g/mol. The van der Waals surface area contributed by atoms with Crippen molar-refractivity contribution in [3.05, 3.63) is 16.1 Å². The Bertz CT molecular complexity index is 471. The van der Waals surface area contributed by atoms with Crippen LogP contribution >= 0.6 is 11.3 Å². The summed E-state index contributed by atoms with van der Waals surface area (Å²) in [4.78, 5) is 37.6. The molecule has 1 aromatic heterocycles. The Labute approximate surface area is 107 Å². The number of rotatable bonds is 6. The number of aliphatic carboxylic acids is 1. The molecule has 1 aromatic rings. The number of aromatic nitrogens is 1. The second-order valence-electron chi connectivity index (χ2n) is 3.64. The number of amides is 2. The van der Waals surface area contributed by atoms with Crippen LogP contribution < -0.4 is 11.1 Å². The van der Waals surface area contributed by atoms with E-state index in [1.54, 1.807) is 6.92 Å².